The zero-order valence-corrected chi connectivity index (χ0v) is 11.7. The summed E-state index contributed by atoms with van der Waals surface area (Å²) in [6.07, 6.45) is 3.17. The Morgan fingerprint density at radius 1 is 1.10 bits per heavy atom. The first-order valence-corrected chi connectivity index (χ1v) is 6.54. The van der Waals surface area contributed by atoms with Crippen LogP contribution in [0.25, 0.3) is 5.69 Å². The minimum atomic E-state index is 0.160. The Labute approximate surface area is 126 Å². The number of thiocarbonyl (C=S) groups is 1. The lowest BCUT2D eigenvalue weighted by atomic mass is 10.3. The van der Waals surface area contributed by atoms with Crippen LogP contribution in [0.1, 0.15) is 5.69 Å². The maximum atomic E-state index is 5.61. The minimum absolute atomic E-state index is 0.160. The van der Waals surface area contributed by atoms with E-state index in [4.69, 9.17) is 22.7 Å². The second kappa shape index (κ2) is 5.68. The highest BCUT2D eigenvalue weighted by atomic mass is 32.1. The number of nitrogens with zero attached hydrogens (tertiary/aromatic N) is 4. The van der Waals surface area contributed by atoms with E-state index >= 15 is 0 Å². The van der Waals surface area contributed by atoms with E-state index in [0.29, 0.717) is 11.4 Å². The van der Waals surface area contributed by atoms with Crippen LogP contribution in [0.3, 0.4) is 0 Å². The fourth-order valence-electron chi connectivity index (χ4n) is 1.76. The number of aromatic nitrogens is 4. The van der Waals surface area contributed by atoms with Crippen LogP contribution in [0.4, 0.5) is 0 Å². The van der Waals surface area contributed by atoms with Gasteiger partial charge in [-0.3, -0.25) is 0 Å². The molecule has 0 unspecified atom stereocenters. The number of ether oxygens (including phenoxy) is 1. The smallest absolute Gasteiger partial charge is 0.341 e. The summed E-state index contributed by atoms with van der Waals surface area (Å²) in [6, 6.07) is 13.3. The predicted octanol–water partition coefficient (Wildman–Crippen LogP) is 2.09. The Kier molecular flexibility index (Phi) is 3.57. The predicted molar refractivity (Wildman–Crippen MR) is 81.6 cm³/mol. The molecule has 3 rings (SSSR count). The van der Waals surface area contributed by atoms with Gasteiger partial charge in [0, 0.05) is 6.20 Å². The second-order valence-electron chi connectivity index (χ2n) is 4.12. The lowest BCUT2D eigenvalue weighted by Gasteiger charge is -2.05. The van der Waals surface area contributed by atoms with Gasteiger partial charge in [-0.05, 0) is 24.3 Å². The largest absolute Gasteiger partial charge is 0.421 e. The van der Waals surface area contributed by atoms with E-state index in [-0.39, 0.29) is 11.0 Å². The van der Waals surface area contributed by atoms with Gasteiger partial charge in [-0.25, -0.2) is 9.67 Å². The summed E-state index contributed by atoms with van der Waals surface area (Å²) < 4.78 is 7.22. The molecule has 0 saturated carbocycles. The van der Waals surface area contributed by atoms with Crippen molar-refractivity contribution in [1.29, 1.82) is 0 Å². The third kappa shape index (κ3) is 2.87. The lowest BCUT2D eigenvalue weighted by Crippen LogP contribution is -2.12. The van der Waals surface area contributed by atoms with E-state index in [0.717, 1.165) is 5.69 Å². The van der Waals surface area contributed by atoms with Gasteiger partial charge in [-0.15, -0.1) is 5.10 Å². The van der Waals surface area contributed by atoms with Gasteiger partial charge in [-0.1, -0.05) is 30.4 Å². The van der Waals surface area contributed by atoms with Gasteiger partial charge in [0.1, 0.15) is 17.0 Å². The van der Waals surface area contributed by atoms with Crippen molar-refractivity contribution in [2.45, 2.75) is 0 Å². The molecule has 0 atom stereocenters. The van der Waals surface area contributed by atoms with Crippen molar-refractivity contribution in [3.05, 3.63) is 60.7 Å². The van der Waals surface area contributed by atoms with Crippen molar-refractivity contribution in [1.82, 2.24) is 19.7 Å². The van der Waals surface area contributed by atoms with E-state index in [9.17, 15) is 0 Å². The number of hydrogen-bond acceptors (Lipinski definition) is 5. The fourth-order valence-corrected chi connectivity index (χ4v) is 1.91. The zero-order chi connectivity index (χ0) is 14.7. The van der Waals surface area contributed by atoms with Gasteiger partial charge in [0.15, 0.2) is 5.75 Å². The second-order valence-corrected chi connectivity index (χ2v) is 4.56. The van der Waals surface area contributed by atoms with Crippen molar-refractivity contribution in [2.24, 2.45) is 5.73 Å². The number of pyridine rings is 1. The zero-order valence-electron chi connectivity index (χ0n) is 10.9. The maximum Gasteiger partial charge on any atom is 0.341 e. The molecule has 1 aromatic carbocycles. The number of rotatable bonds is 4. The quantitative estimate of drug-likeness (QED) is 0.743. The van der Waals surface area contributed by atoms with E-state index in [2.05, 4.69) is 15.1 Å². The number of para-hydroxylation sites is 1. The molecule has 6 nitrogen and oxygen atoms in total. The summed E-state index contributed by atoms with van der Waals surface area (Å²) >= 11 is 4.94. The Morgan fingerprint density at radius 3 is 2.67 bits per heavy atom. The average Bonchev–Trinajstić information content (AvgIpc) is 2.97. The SMILES string of the molecule is NC(=S)c1ncccc1Oc1ncn(-c2ccccc2)n1. The number of benzene rings is 1. The third-order valence-electron chi connectivity index (χ3n) is 2.70. The molecule has 0 fully saturated rings. The summed E-state index contributed by atoms with van der Waals surface area (Å²) in [5, 5.41) is 4.25. The van der Waals surface area contributed by atoms with Gasteiger partial charge in [0.25, 0.3) is 0 Å². The fraction of sp³-hybridized carbons (Fsp3) is 0. The summed E-state index contributed by atoms with van der Waals surface area (Å²) in [6.45, 7) is 0. The van der Waals surface area contributed by atoms with Gasteiger partial charge < -0.3 is 10.5 Å². The Hall–Kier alpha value is -2.80. The van der Waals surface area contributed by atoms with Gasteiger partial charge >= 0.3 is 6.01 Å². The summed E-state index contributed by atoms with van der Waals surface area (Å²) in [4.78, 5) is 8.35. The summed E-state index contributed by atoms with van der Waals surface area (Å²) in [7, 11) is 0. The van der Waals surface area contributed by atoms with Crippen LogP contribution in [0, 0.1) is 0 Å². The van der Waals surface area contributed by atoms with Crippen molar-refractivity contribution >= 4 is 17.2 Å². The van der Waals surface area contributed by atoms with Crippen LogP contribution < -0.4 is 10.5 Å². The third-order valence-corrected chi connectivity index (χ3v) is 2.89. The normalized spacial score (nSPS) is 10.3. The van der Waals surface area contributed by atoms with Gasteiger partial charge in [0.2, 0.25) is 0 Å². The van der Waals surface area contributed by atoms with Gasteiger partial charge in [-0.2, -0.15) is 4.98 Å². The first kappa shape index (κ1) is 13.2. The Morgan fingerprint density at radius 2 is 1.90 bits per heavy atom. The van der Waals surface area contributed by atoms with Gasteiger partial charge in [0.05, 0.1) is 5.69 Å². The number of hydrogen-bond donors (Lipinski definition) is 1. The average molecular weight is 297 g/mol. The standard InChI is InChI=1S/C14H11N5OS/c15-13(21)12-11(7-4-8-16-12)20-14-17-9-19(18-14)10-5-2-1-3-6-10/h1-9H,(H2,15,21). The van der Waals surface area contributed by atoms with Crippen LogP contribution in [0.2, 0.25) is 0 Å². The Balaban J connectivity index is 1.87. The van der Waals surface area contributed by atoms with Crippen LogP contribution in [-0.4, -0.2) is 24.7 Å². The highest BCUT2D eigenvalue weighted by Gasteiger charge is 2.11. The first-order chi connectivity index (χ1) is 10.2. The van der Waals surface area contributed by atoms with Crippen LogP contribution in [0.5, 0.6) is 11.8 Å². The molecular weight excluding hydrogens is 286 g/mol. The molecule has 3 aromatic rings. The highest BCUT2D eigenvalue weighted by Crippen LogP contribution is 2.21. The van der Waals surface area contributed by atoms with Crippen molar-refractivity contribution in [2.75, 3.05) is 0 Å². The van der Waals surface area contributed by atoms with Crippen molar-refractivity contribution in [3.8, 4) is 17.4 Å². The van der Waals surface area contributed by atoms with Crippen LogP contribution >= 0.6 is 12.2 Å². The van der Waals surface area contributed by atoms with E-state index in [1.165, 1.54) is 0 Å². The molecule has 0 amide bonds. The van der Waals surface area contributed by atoms with Crippen LogP contribution in [-0.2, 0) is 0 Å². The molecule has 0 radical (unpaired) electrons. The van der Waals surface area contributed by atoms with Crippen molar-refractivity contribution < 1.29 is 4.74 Å². The van der Waals surface area contributed by atoms with Crippen molar-refractivity contribution in [3.63, 3.8) is 0 Å². The molecule has 0 aliphatic heterocycles. The van der Waals surface area contributed by atoms with E-state index in [1.807, 2.05) is 30.3 Å². The maximum absolute atomic E-state index is 5.61. The summed E-state index contributed by atoms with van der Waals surface area (Å²) in [5.74, 6) is 0.427. The Bertz CT molecular complexity index is 772. The molecule has 104 valence electrons. The topological polar surface area (TPSA) is 78.9 Å². The van der Waals surface area contributed by atoms with Crippen LogP contribution in [0.15, 0.2) is 55.0 Å². The summed E-state index contributed by atoms with van der Waals surface area (Å²) in [5.41, 5.74) is 6.90. The molecule has 0 bridgehead atoms. The molecular formula is C14H11N5OS. The van der Waals surface area contributed by atoms with E-state index in [1.54, 1.807) is 29.3 Å². The van der Waals surface area contributed by atoms with E-state index < -0.39 is 0 Å². The highest BCUT2D eigenvalue weighted by molar-refractivity contribution is 7.80. The number of nitrogens with two attached hydrogens (primary N) is 1. The molecule has 2 aromatic heterocycles. The minimum Gasteiger partial charge on any atom is -0.421 e. The molecule has 0 aliphatic carbocycles. The molecule has 2 heterocycles. The first-order valence-electron chi connectivity index (χ1n) is 6.14. The molecule has 0 spiro atoms. The molecule has 2 N–H and O–H groups in total. The molecule has 0 saturated heterocycles. The lowest BCUT2D eigenvalue weighted by molar-refractivity contribution is 0.438. The molecule has 0 aliphatic rings. The molecule has 21 heavy (non-hydrogen) atoms. The monoisotopic (exact) mass is 297 g/mol. The molecule has 7 heteroatoms.